The first-order valence-electron chi connectivity index (χ1n) is 5.96. The topological polar surface area (TPSA) is 56.7 Å². The van der Waals surface area contributed by atoms with E-state index in [1.165, 1.54) is 0 Å². The highest BCUT2D eigenvalue weighted by molar-refractivity contribution is 6.31. The molecule has 3 rings (SSSR count). The third-order valence-electron chi connectivity index (χ3n) is 3.05. The van der Waals surface area contributed by atoms with Gasteiger partial charge in [-0.05, 0) is 36.8 Å². The van der Waals surface area contributed by atoms with Crippen molar-refractivity contribution in [1.29, 1.82) is 0 Å². The Morgan fingerprint density at radius 3 is 2.84 bits per heavy atom. The maximum absolute atomic E-state index is 6.03. The van der Waals surface area contributed by atoms with Gasteiger partial charge in [-0.1, -0.05) is 17.7 Å². The van der Waals surface area contributed by atoms with Crippen LogP contribution >= 0.6 is 11.6 Å². The molecule has 0 aliphatic carbocycles. The Kier molecular flexibility index (Phi) is 2.87. The van der Waals surface area contributed by atoms with E-state index in [-0.39, 0.29) is 0 Å². The minimum Gasteiger partial charge on any atom is -0.369 e. The highest BCUT2D eigenvalue weighted by Gasteiger charge is 2.09. The molecule has 4 nitrogen and oxygen atoms in total. The Bertz CT molecular complexity index is 731. The number of hydrogen-bond acceptors (Lipinski definition) is 3. The fourth-order valence-electron chi connectivity index (χ4n) is 2.06. The Morgan fingerprint density at radius 2 is 2.11 bits per heavy atom. The smallest absolute Gasteiger partial charge is 0.201 e. The van der Waals surface area contributed by atoms with Gasteiger partial charge in [0.15, 0.2) is 0 Å². The second-order valence-electron chi connectivity index (χ2n) is 4.50. The second kappa shape index (κ2) is 4.55. The van der Waals surface area contributed by atoms with E-state index in [0.29, 0.717) is 17.5 Å². The average Bonchev–Trinajstić information content (AvgIpc) is 2.69. The van der Waals surface area contributed by atoms with Gasteiger partial charge in [0.05, 0.1) is 17.6 Å². The summed E-state index contributed by atoms with van der Waals surface area (Å²) in [6.07, 6.45) is 1.85. The molecule has 2 heterocycles. The molecule has 0 spiro atoms. The van der Waals surface area contributed by atoms with Crippen LogP contribution in [0.15, 0.2) is 36.5 Å². The van der Waals surface area contributed by atoms with Gasteiger partial charge in [0.25, 0.3) is 0 Å². The predicted molar refractivity (Wildman–Crippen MR) is 77.2 cm³/mol. The molecular formula is C14H13ClN4. The molecule has 3 aromatic rings. The minimum atomic E-state index is 0.484. The number of imidazole rings is 1. The van der Waals surface area contributed by atoms with Crippen LogP contribution in [0.1, 0.15) is 11.3 Å². The van der Waals surface area contributed by atoms with Gasteiger partial charge in [0.2, 0.25) is 5.95 Å². The lowest BCUT2D eigenvalue weighted by Gasteiger charge is -2.06. The van der Waals surface area contributed by atoms with E-state index in [0.717, 1.165) is 22.3 Å². The number of aryl methyl sites for hydroxylation is 1. The van der Waals surface area contributed by atoms with Crippen LogP contribution < -0.4 is 5.73 Å². The van der Waals surface area contributed by atoms with Crippen LogP contribution in [0.3, 0.4) is 0 Å². The van der Waals surface area contributed by atoms with Crippen molar-refractivity contribution < 1.29 is 0 Å². The van der Waals surface area contributed by atoms with Crippen LogP contribution in [0.4, 0.5) is 5.95 Å². The molecule has 0 aliphatic heterocycles. The molecule has 0 fully saturated rings. The summed E-state index contributed by atoms with van der Waals surface area (Å²) in [4.78, 5) is 8.62. The molecule has 0 atom stereocenters. The number of fused-ring (bicyclic) bond motifs is 1. The SMILES string of the molecule is Cc1ccc(Cn2c(N)nc3ccc(Cl)cc32)cn1. The molecule has 0 radical (unpaired) electrons. The summed E-state index contributed by atoms with van der Waals surface area (Å²) in [5, 5.41) is 0.677. The quantitative estimate of drug-likeness (QED) is 0.780. The Labute approximate surface area is 115 Å². The molecule has 96 valence electrons. The maximum Gasteiger partial charge on any atom is 0.201 e. The summed E-state index contributed by atoms with van der Waals surface area (Å²) in [6.45, 7) is 2.60. The van der Waals surface area contributed by atoms with Gasteiger partial charge in [0, 0.05) is 16.9 Å². The third kappa shape index (κ3) is 2.27. The molecule has 0 unspecified atom stereocenters. The lowest BCUT2D eigenvalue weighted by atomic mass is 10.2. The molecule has 0 aliphatic rings. The van der Waals surface area contributed by atoms with Crippen LogP contribution in [0, 0.1) is 6.92 Å². The third-order valence-corrected chi connectivity index (χ3v) is 3.29. The molecule has 5 heteroatoms. The Hall–Kier alpha value is -2.07. The number of aromatic nitrogens is 3. The normalized spacial score (nSPS) is 11.1. The van der Waals surface area contributed by atoms with E-state index in [1.54, 1.807) is 0 Å². The largest absolute Gasteiger partial charge is 0.369 e. The molecule has 19 heavy (non-hydrogen) atoms. The van der Waals surface area contributed by atoms with E-state index >= 15 is 0 Å². The van der Waals surface area contributed by atoms with E-state index < -0.39 is 0 Å². The van der Waals surface area contributed by atoms with E-state index in [4.69, 9.17) is 17.3 Å². The van der Waals surface area contributed by atoms with Crippen LogP contribution in [0.5, 0.6) is 0 Å². The summed E-state index contributed by atoms with van der Waals surface area (Å²) >= 11 is 6.03. The fourth-order valence-corrected chi connectivity index (χ4v) is 2.22. The maximum atomic E-state index is 6.03. The monoisotopic (exact) mass is 272 g/mol. The average molecular weight is 273 g/mol. The number of nitrogens with zero attached hydrogens (tertiary/aromatic N) is 3. The zero-order valence-corrected chi connectivity index (χ0v) is 11.2. The summed E-state index contributed by atoms with van der Waals surface area (Å²) in [5.74, 6) is 0.484. The summed E-state index contributed by atoms with van der Waals surface area (Å²) < 4.78 is 1.94. The molecule has 0 saturated carbocycles. The van der Waals surface area contributed by atoms with E-state index in [2.05, 4.69) is 9.97 Å². The summed E-state index contributed by atoms with van der Waals surface area (Å²) in [7, 11) is 0. The number of pyridine rings is 1. The number of hydrogen-bond donors (Lipinski definition) is 1. The lowest BCUT2D eigenvalue weighted by Crippen LogP contribution is -2.05. The van der Waals surface area contributed by atoms with Gasteiger partial charge in [-0.3, -0.25) is 4.98 Å². The summed E-state index contributed by atoms with van der Waals surface area (Å²) in [5.41, 5.74) is 9.83. The number of halogens is 1. The second-order valence-corrected chi connectivity index (χ2v) is 4.93. The molecule has 1 aromatic carbocycles. The Morgan fingerprint density at radius 1 is 1.26 bits per heavy atom. The van der Waals surface area contributed by atoms with Crippen LogP contribution in [-0.4, -0.2) is 14.5 Å². The first kappa shape index (κ1) is 12.0. The number of nitrogens with two attached hydrogens (primary N) is 1. The van der Waals surface area contributed by atoms with Crippen molar-refractivity contribution in [3.63, 3.8) is 0 Å². The fraction of sp³-hybridized carbons (Fsp3) is 0.143. The standard InChI is InChI=1S/C14H13ClN4/c1-9-2-3-10(7-17-9)8-19-13-6-11(15)4-5-12(13)18-14(19)16/h2-7H,8H2,1H3,(H2,16,18). The van der Waals surface area contributed by atoms with Crippen molar-refractivity contribution in [1.82, 2.24) is 14.5 Å². The highest BCUT2D eigenvalue weighted by Crippen LogP contribution is 2.22. The minimum absolute atomic E-state index is 0.484. The van der Waals surface area contributed by atoms with Crippen molar-refractivity contribution >= 4 is 28.6 Å². The molecule has 0 bridgehead atoms. The van der Waals surface area contributed by atoms with Gasteiger partial charge < -0.3 is 10.3 Å². The van der Waals surface area contributed by atoms with Crippen molar-refractivity contribution in [2.45, 2.75) is 13.5 Å². The number of benzene rings is 1. The van der Waals surface area contributed by atoms with Gasteiger partial charge >= 0.3 is 0 Å². The molecule has 0 amide bonds. The molecular weight excluding hydrogens is 260 g/mol. The number of rotatable bonds is 2. The number of nitrogen functional groups attached to an aromatic ring is 1. The van der Waals surface area contributed by atoms with Gasteiger partial charge in [0.1, 0.15) is 0 Å². The molecule has 0 saturated heterocycles. The number of anilines is 1. The van der Waals surface area contributed by atoms with Crippen LogP contribution in [-0.2, 0) is 6.54 Å². The first-order chi connectivity index (χ1) is 9.13. The Balaban J connectivity index is 2.06. The van der Waals surface area contributed by atoms with E-state index in [9.17, 15) is 0 Å². The van der Waals surface area contributed by atoms with Crippen molar-refractivity contribution in [3.05, 3.63) is 52.8 Å². The first-order valence-corrected chi connectivity index (χ1v) is 6.34. The predicted octanol–water partition coefficient (Wildman–Crippen LogP) is 3.02. The summed E-state index contributed by atoms with van der Waals surface area (Å²) in [6, 6.07) is 9.59. The van der Waals surface area contributed by atoms with Crippen molar-refractivity contribution in [3.8, 4) is 0 Å². The molecule has 2 N–H and O–H groups in total. The van der Waals surface area contributed by atoms with E-state index in [1.807, 2.05) is 48.0 Å². The van der Waals surface area contributed by atoms with Gasteiger partial charge in [-0.15, -0.1) is 0 Å². The highest BCUT2D eigenvalue weighted by atomic mass is 35.5. The van der Waals surface area contributed by atoms with Crippen molar-refractivity contribution in [2.24, 2.45) is 0 Å². The van der Waals surface area contributed by atoms with Crippen LogP contribution in [0.25, 0.3) is 11.0 Å². The van der Waals surface area contributed by atoms with Gasteiger partial charge in [-0.2, -0.15) is 0 Å². The zero-order valence-electron chi connectivity index (χ0n) is 10.5. The van der Waals surface area contributed by atoms with Crippen LogP contribution in [0.2, 0.25) is 5.02 Å². The zero-order chi connectivity index (χ0) is 13.4. The molecule has 2 aromatic heterocycles. The lowest BCUT2D eigenvalue weighted by molar-refractivity contribution is 0.832. The van der Waals surface area contributed by atoms with Crippen molar-refractivity contribution in [2.75, 3.05) is 5.73 Å². The van der Waals surface area contributed by atoms with Gasteiger partial charge in [-0.25, -0.2) is 4.98 Å².